The van der Waals surface area contributed by atoms with E-state index in [-0.39, 0.29) is 0 Å². The summed E-state index contributed by atoms with van der Waals surface area (Å²) < 4.78 is 5.45. The van der Waals surface area contributed by atoms with Gasteiger partial charge in [0, 0.05) is 12.5 Å². The Balaban J connectivity index is 2.61. The van der Waals surface area contributed by atoms with Crippen molar-refractivity contribution >= 4 is 11.6 Å². The molecule has 0 aromatic heterocycles. The summed E-state index contributed by atoms with van der Waals surface area (Å²) in [5.41, 5.74) is 0.412. The highest BCUT2D eigenvalue weighted by atomic mass is 16.5. The Labute approximate surface area is 95.4 Å². The molecule has 1 aromatic rings. The number of ketones is 2. The van der Waals surface area contributed by atoms with Crippen LogP contribution in [-0.4, -0.2) is 18.2 Å². The van der Waals surface area contributed by atoms with Gasteiger partial charge in [-0.3, -0.25) is 9.59 Å². The average molecular weight is 220 g/mol. The van der Waals surface area contributed by atoms with Crippen molar-refractivity contribution in [3.63, 3.8) is 0 Å². The van der Waals surface area contributed by atoms with Gasteiger partial charge >= 0.3 is 0 Å². The zero-order chi connectivity index (χ0) is 12.0. The predicted octanol–water partition coefficient (Wildman–Crippen LogP) is 2.64. The molecule has 0 aliphatic carbocycles. The molecule has 0 unspecified atom stereocenters. The van der Waals surface area contributed by atoms with Gasteiger partial charge in [-0.2, -0.15) is 0 Å². The highest BCUT2D eigenvalue weighted by molar-refractivity contribution is 6.42. The smallest absolute Gasteiger partial charge is 0.228 e. The highest BCUT2D eigenvalue weighted by Gasteiger charge is 2.10. The molecule has 0 atom stereocenters. The summed E-state index contributed by atoms with van der Waals surface area (Å²) in [6.45, 7) is 4.04. The number of unbranched alkanes of at least 4 members (excludes halogenated alkanes) is 1. The summed E-state index contributed by atoms with van der Waals surface area (Å²) >= 11 is 0. The lowest BCUT2D eigenvalue weighted by molar-refractivity contribution is -0.113. The molecular formula is C13H16O3. The molecule has 0 bridgehead atoms. The molecule has 3 nitrogen and oxygen atoms in total. The molecular weight excluding hydrogens is 204 g/mol. The summed E-state index contributed by atoms with van der Waals surface area (Å²) in [5.74, 6) is -0.173. The van der Waals surface area contributed by atoms with Crippen molar-refractivity contribution in [2.75, 3.05) is 6.61 Å². The fraction of sp³-hybridized carbons (Fsp3) is 0.385. The van der Waals surface area contributed by atoms with Crippen LogP contribution in [0.25, 0.3) is 0 Å². The van der Waals surface area contributed by atoms with E-state index in [1.54, 1.807) is 24.3 Å². The Hall–Kier alpha value is -1.64. The minimum absolute atomic E-state index is 0.412. The van der Waals surface area contributed by atoms with Gasteiger partial charge in [0.05, 0.1) is 6.61 Å². The first kappa shape index (κ1) is 12.4. The van der Waals surface area contributed by atoms with Crippen LogP contribution in [0.2, 0.25) is 0 Å². The van der Waals surface area contributed by atoms with Gasteiger partial charge in [0.2, 0.25) is 5.78 Å². The van der Waals surface area contributed by atoms with E-state index in [0.29, 0.717) is 12.2 Å². The molecule has 86 valence electrons. The van der Waals surface area contributed by atoms with Crippen LogP contribution < -0.4 is 4.74 Å². The van der Waals surface area contributed by atoms with Crippen LogP contribution in [0.15, 0.2) is 24.3 Å². The molecule has 0 amide bonds. The topological polar surface area (TPSA) is 43.4 Å². The van der Waals surface area contributed by atoms with Crippen molar-refractivity contribution in [3.05, 3.63) is 29.8 Å². The van der Waals surface area contributed by atoms with E-state index in [4.69, 9.17) is 4.74 Å². The van der Waals surface area contributed by atoms with Crippen LogP contribution in [0.5, 0.6) is 5.75 Å². The third-order valence-corrected chi connectivity index (χ3v) is 2.20. The number of carbonyl (C=O) groups excluding carboxylic acids is 2. The molecule has 0 aliphatic heterocycles. The Morgan fingerprint density at radius 3 is 2.31 bits per heavy atom. The maximum Gasteiger partial charge on any atom is 0.228 e. The van der Waals surface area contributed by atoms with Crippen molar-refractivity contribution in [1.29, 1.82) is 0 Å². The van der Waals surface area contributed by atoms with E-state index in [0.717, 1.165) is 18.6 Å². The second kappa shape index (κ2) is 6.05. The minimum Gasteiger partial charge on any atom is -0.494 e. The van der Waals surface area contributed by atoms with E-state index >= 15 is 0 Å². The molecule has 0 N–H and O–H groups in total. The Kier molecular flexibility index (Phi) is 4.70. The number of ether oxygens (including phenoxy) is 1. The molecule has 1 rings (SSSR count). The third kappa shape index (κ3) is 3.50. The molecule has 0 radical (unpaired) electrons. The second-order valence-corrected chi connectivity index (χ2v) is 3.61. The van der Waals surface area contributed by atoms with E-state index in [1.165, 1.54) is 6.92 Å². The lowest BCUT2D eigenvalue weighted by atomic mass is 10.1. The molecule has 0 spiro atoms. The SMILES string of the molecule is CCCCOc1ccc(C(=O)C(C)=O)cc1. The van der Waals surface area contributed by atoms with Crippen molar-refractivity contribution in [2.45, 2.75) is 26.7 Å². The van der Waals surface area contributed by atoms with E-state index in [9.17, 15) is 9.59 Å². The Morgan fingerprint density at radius 1 is 1.19 bits per heavy atom. The summed E-state index contributed by atoms with van der Waals surface area (Å²) in [4.78, 5) is 22.2. The van der Waals surface area contributed by atoms with Crippen molar-refractivity contribution < 1.29 is 14.3 Å². The van der Waals surface area contributed by atoms with Crippen LogP contribution in [0, 0.1) is 0 Å². The largest absolute Gasteiger partial charge is 0.494 e. The first-order valence-electron chi connectivity index (χ1n) is 5.43. The summed E-state index contributed by atoms with van der Waals surface area (Å²) in [7, 11) is 0. The fourth-order valence-electron chi connectivity index (χ4n) is 1.24. The molecule has 16 heavy (non-hydrogen) atoms. The summed E-state index contributed by atoms with van der Waals surface area (Å²) in [5, 5.41) is 0. The second-order valence-electron chi connectivity index (χ2n) is 3.61. The molecule has 3 heteroatoms. The van der Waals surface area contributed by atoms with Crippen LogP contribution in [0.1, 0.15) is 37.0 Å². The van der Waals surface area contributed by atoms with Gasteiger partial charge < -0.3 is 4.74 Å². The van der Waals surface area contributed by atoms with E-state index in [1.807, 2.05) is 0 Å². The highest BCUT2D eigenvalue weighted by Crippen LogP contribution is 2.13. The maximum atomic E-state index is 11.3. The van der Waals surface area contributed by atoms with Crippen molar-refractivity contribution in [2.24, 2.45) is 0 Å². The van der Waals surface area contributed by atoms with E-state index < -0.39 is 11.6 Å². The minimum atomic E-state index is -0.458. The fourth-order valence-corrected chi connectivity index (χ4v) is 1.24. The monoisotopic (exact) mass is 220 g/mol. The van der Waals surface area contributed by atoms with Gasteiger partial charge in [-0.15, -0.1) is 0 Å². The number of carbonyl (C=O) groups is 2. The van der Waals surface area contributed by atoms with E-state index in [2.05, 4.69) is 6.92 Å². The van der Waals surface area contributed by atoms with Gasteiger partial charge in [-0.05, 0) is 30.7 Å². The van der Waals surface area contributed by atoms with Crippen LogP contribution in [-0.2, 0) is 4.79 Å². The lowest BCUT2D eigenvalue weighted by Crippen LogP contribution is -2.09. The van der Waals surface area contributed by atoms with Gasteiger partial charge in [-0.1, -0.05) is 13.3 Å². The van der Waals surface area contributed by atoms with Gasteiger partial charge in [0.1, 0.15) is 5.75 Å². The third-order valence-electron chi connectivity index (χ3n) is 2.20. The summed E-state index contributed by atoms with van der Waals surface area (Å²) in [6, 6.07) is 6.66. The maximum absolute atomic E-state index is 11.3. The number of hydrogen-bond donors (Lipinski definition) is 0. The average Bonchev–Trinajstić information content (AvgIpc) is 2.29. The van der Waals surface area contributed by atoms with Crippen LogP contribution in [0.4, 0.5) is 0 Å². The molecule has 0 saturated heterocycles. The number of hydrogen-bond acceptors (Lipinski definition) is 3. The standard InChI is InChI=1S/C13H16O3/c1-3-4-9-16-12-7-5-11(6-8-12)13(15)10(2)14/h5-8H,3-4,9H2,1-2H3. The van der Waals surface area contributed by atoms with Crippen molar-refractivity contribution in [1.82, 2.24) is 0 Å². The number of benzene rings is 1. The quantitative estimate of drug-likeness (QED) is 0.420. The molecule has 0 fully saturated rings. The first-order chi connectivity index (χ1) is 7.65. The first-order valence-corrected chi connectivity index (χ1v) is 5.43. The Bertz CT molecular complexity index is 365. The predicted molar refractivity (Wildman–Crippen MR) is 61.9 cm³/mol. The van der Waals surface area contributed by atoms with Gasteiger partial charge in [-0.25, -0.2) is 0 Å². The van der Waals surface area contributed by atoms with Gasteiger partial charge in [0.25, 0.3) is 0 Å². The zero-order valence-corrected chi connectivity index (χ0v) is 9.66. The summed E-state index contributed by atoms with van der Waals surface area (Å²) in [6.07, 6.45) is 2.09. The number of Topliss-reactive ketones (excluding diaryl/α,β-unsaturated/α-hetero) is 2. The van der Waals surface area contributed by atoms with Gasteiger partial charge in [0.15, 0.2) is 5.78 Å². The normalized spacial score (nSPS) is 9.88. The molecule has 0 heterocycles. The molecule has 0 aliphatic rings. The number of rotatable bonds is 6. The molecule has 1 aromatic carbocycles. The Morgan fingerprint density at radius 2 is 1.81 bits per heavy atom. The van der Waals surface area contributed by atoms with Crippen LogP contribution >= 0.6 is 0 Å². The molecule has 0 saturated carbocycles. The van der Waals surface area contributed by atoms with Crippen molar-refractivity contribution in [3.8, 4) is 5.75 Å². The lowest BCUT2D eigenvalue weighted by Gasteiger charge is -2.05. The zero-order valence-electron chi connectivity index (χ0n) is 9.66. The van der Waals surface area contributed by atoms with Crippen LogP contribution in [0.3, 0.4) is 0 Å².